The molecule has 0 aliphatic heterocycles. The van der Waals surface area contributed by atoms with Crippen LogP contribution in [0.25, 0.3) is 10.8 Å². The number of aryl methyl sites for hydroxylation is 1. The van der Waals surface area contributed by atoms with E-state index in [9.17, 15) is 8.42 Å². The van der Waals surface area contributed by atoms with Crippen LogP contribution in [0.5, 0.6) is 5.75 Å². The van der Waals surface area contributed by atoms with Gasteiger partial charge in [0.25, 0.3) is 10.0 Å². The molecule has 0 heterocycles. The van der Waals surface area contributed by atoms with Crippen LogP contribution in [-0.4, -0.2) is 21.7 Å². The summed E-state index contributed by atoms with van der Waals surface area (Å²) in [5.74, 6) is 0.757. The Morgan fingerprint density at radius 1 is 0.960 bits per heavy atom. The number of hydrazone groups is 1. The number of methoxy groups -OCH3 is 1. The highest BCUT2D eigenvalue weighted by atomic mass is 32.2. The summed E-state index contributed by atoms with van der Waals surface area (Å²) in [6.45, 7) is 1.90. The molecule has 3 rings (SSSR count). The smallest absolute Gasteiger partial charge is 0.276 e. The van der Waals surface area contributed by atoms with Crippen LogP contribution in [-0.2, 0) is 10.0 Å². The van der Waals surface area contributed by atoms with Gasteiger partial charge in [-0.15, -0.1) is 0 Å². The zero-order valence-corrected chi connectivity index (χ0v) is 14.7. The van der Waals surface area contributed by atoms with E-state index in [2.05, 4.69) is 9.93 Å². The molecule has 0 atom stereocenters. The molecule has 3 aromatic carbocycles. The van der Waals surface area contributed by atoms with E-state index in [0.29, 0.717) is 0 Å². The molecule has 25 heavy (non-hydrogen) atoms. The lowest BCUT2D eigenvalue weighted by atomic mass is 10.0. The summed E-state index contributed by atoms with van der Waals surface area (Å²) in [4.78, 5) is 2.42. The van der Waals surface area contributed by atoms with Gasteiger partial charge in [0.15, 0.2) is 0 Å². The van der Waals surface area contributed by atoms with Crippen LogP contribution in [0.15, 0.2) is 70.7 Å². The minimum Gasteiger partial charge on any atom is -0.496 e. The molecule has 6 heteroatoms. The zero-order chi connectivity index (χ0) is 17.9. The SMILES string of the molecule is COc1ccc(/C=N\NS(=O)(=O)c2ccc(C)cc2)c2ccccc12. The molecule has 0 saturated carbocycles. The second-order valence-electron chi connectivity index (χ2n) is 5.57. The Balaban J connectivity index is 1.88. The monoisotopic (exact) mass is 354 g/mol. The number of hydrogen-bond acceptors (Lipinski definition) is 4. The van der Waals surface area contributed by atoms with Gasteiger partial charge in [-0.1, -0.05) is 42.0 Å². The van der Waals surface area contributed by atoms with Crippen molar-refractivity contribution < 1.29 is 13.2 Å². The van der Waals surface area contributed by atoms with Gasteiger partial charge in [0.05, 0.1) is 18.2 Å². The third kappa shape index (κ3) is 3.64. The van der Waals surface area contributed by atoms with Gasteiger partial charge >= 0.3 is 0 Å². The Hall–Kier alpha value is -2.86. The van der Waals surface area contributed by atoms with Crippen molar-refractivity contribution >= 4 is 27.0 Å². The van der Waals surface area contributed by atoms with Gasteiger partial charge in [-0.3, -0.25) is 0 Å². The first-order valence-corrected chi connectivity index (χ1v) is 9.17. The molecule has 3 aromatic rings. The Kier molecular flexibility index (Phi) is 4.72. The molecule has 0 radical (unpaired) electrons. The summed E-state index contributed by atoms with van der Waals surface area (Å²) < 4.78 is 29.9. The van der Waals surface area contributed by atoms with E-state index in [4.69, 9.17) is 4.74 Å². The van der Waals surface area contributed by atoms with Gasteiger partial charge in [-0.2, -0.15) is 13.5 Å². The molecular formula is C19H18N2O3S. The van der Waals surface area contributed by atoms with Crippen LogP contribution in [0.2, 0.25) is 0 Å². The molecule has 0 saturated heterocycles. The van der Waals surface area contributed by atoms with Crippen LogP contribution in [0.1, 0.15) is 11.1 Å². The van der Waals surface area contributed by atoms with Crippen LogP contribution in [0.4, 0.5) is 0 Å². The normalized spacial score (nSPS) is 11.8. The van der Waals surface area contributed by atoms with Crippen molar-refractivity contribution in [2.24, 2.45) is 5.10 Å². The molecule has 128 valence electrons. The summed E-state index contributed by atoms with van der Waals surface area (Å²) >= 11 is 0. The molecule has 0 spiro atoms. The van der Waals surface area contributed by atoms with Crippen molar-refractivity contribution in [3.63, 3.8) is 0 Å². The van der Waals surface area contributed by atoms with Crippen molar-refractivity contribution in [3.05, 3.63) is 71.8 Å². The molecule has 0 aliphatic rings. The Bertz CT molecular complexity index is 1030. The van der Waals surface area contributed by atoms with Gasteiger partial charge in [-0.05, 0) is 36.6 Å². The highest BCUT2D eigenvalue weighted by Crippen LogP contribution is 2.27. The third-order valence-electron chi connectivity index (χ3n) is 3.85. The fraction of sp³-hybridized carbons (Fsp3) is 0.105. The zero-order valence-electron chi connectivity index (χ0n) is 13.9. The van der Waals surface area contributed by atoms with Crippen LogP contribution in [0.3, 0.4) is 0 Å². The second-order valence-corrected chi connectivity index (χ2v) is 7.23. The lowest BCUT2D eigenvalue weighted by Crippen LogP contribution is -2.18. The Labute approximate surface area is 147 Å². The maximum Gasteiger partial charge on any atom is 0.276 e. The van der Waals surface area contributed by atoms with Gasteiger partial charge in [0, 0.05) is 10.9 Å². The van der Waals surface area contributed by atoms with E-state index < -0.39 is 10.0 Å². The molecule has 1 N–H and O–H groups in total. The van der Waals surface area contributed by atoms with Crippen molar-refractivity contribution in [3.8, 4) is 5.75 Å². The lowest BCUT2D eigenvalue weighted by molar-refractivity contribution is 0.420. The Morgan fingerprint density at radius 2 is 1.64 bits per heavy atom. The van der Waals surface area contributed by atoms with Gasteiger partial charge in [0.1, 0.15) is 5.75 Å². The quantitative estimate of drug-likeness (QED) is 0.563. The first-order valence-electron chi connectivity index (χ1n) is 7.68. The van der Waals surface area contributed by atoms with E-state index in [-0.39, 0.29) is 4.90 Å². The maximum atomic E-state index is 12.3. The molecular weight excluding hydrogens is 336 g/mol. The molecule has 0 fully saturated rings. The number of nitrogens with zero attached hydrogens (tertiary/aromatic N) is 1. The van der Waals surface area contributed by atoms with Crippen molar-refractivity contribution in [1.29, 1.82) is 0 Å². The fourth-order valence-corrected chi connectivity index (χ4v) is 3.31. The number of rotatable bonds is 5. The Morgan fingerprint density at radius 3 is 2.32 bits per heavy atom. The highest BCUT2D eigenvalue weighted by molar-refractivity contribution is 7.89. The molecule has 0 bridgehead atoms. The number of hydrogen-bond donors (Lipinski definition) is 1. The topological polar surface area (TPSA) is 67.8 Å². The van der Waals surface area contributed by atoms with Crippen LogP contribution >= 0.6 is 0 Å². The number of benzene rings is 3. The van der Waals surface area contributed by atoms with Gasteiger partial charge in [-0.25, -0.2) is 4.83 Å². The molecule has 0 aromatic heterocycles. The lowest BCUT2D eigenvalue weighted by Gasteiger charge is -2.08. The summed E-state index contributed by atoms with van der Waals surface area (Å²) in [6.07, 6.45) is 1.49. The summed E-state index contributed by atoms with van der Waals surface area (Å²) in [6, 6.07) is 18.0. The summed E-state index contributed by atoms with van der Waals surface area (Å²) in [7, 11) is -2.07. The fourth-order valence-electron chi connectivity index (χ4n) is 2.52. The van der Waals surface area contributed by atoms with E-state index in [0.717, 1.165) is 27.6 Å². The van der Waals surface area contributed by atoms with E-state index in [1.54, 1.807) is 31.4 Å². The summed E-state index contributed by atoms with van der Waals surface area (Å²) in [5, 5.41) is 5.78. The van der Waals surface area contributed by atoms with Crippen molar-refractivity contribution in [1.82, 2.24) is 4.83 Å². The van der Waals surface area contributed by atoms with Crippen molar-refractivity contribution in [2.45, 2.75) is 11.8 Å². The first-order chi connectivity index (χ1) is 12.0. The number of ether oxygens (including phenoxy) is 1. The molecule has 0 unspecified atom stereocenters. The van der Waals surface area contributed by atoms with Gasteiger partial charge in [0.2, 0.25) is 0 Å². The average Bonchev–Trinajstić information content (AvgIpc) is 2.62. The maximum absolute atomic E-state index is 12.3. The van der Waals surface area contributed by atoms with Crippen molar-refractivity contribution in [2.75, 3.05) is 7.11 Å². The van der Waals surface area contributed by atoms with Crippen LogP contribution in [0, 0.1) is 6.92 Å². The van der Waals surface area contributed by atoms with E-state index in [1.807, 2.05) is 43.3 Å². The largest absolute Gasteiger partial charge is 0.496 e. The second kappa shape index (κ2) is 6.94. The molecule has 0 aliphatic carbocycles. The van der Waals surface area contributed by atoms with Crippen LogP contribution < -0.4 is 9.57 Å². The molecule has 0 amide bonds. The van der Waals surface area contributed by atoms with E-state index >= 15 is 0 Å². The number of fused-ring (bicyclic) bond motifs is 1. The summed E-state index contributed by atoms with van der Waals surface area (Å²) in [5.41, 5.74) is 1.79. The first kappa shape index (κ1) is 17.0. The van der Waals surface area contributed by atoms with E-state index in [1.165, 1.54) is 6.21 Å². The third-order valence-corrected chi connectivity index (χ3v) is 5.08. The standard InChI is InChI=1S/C19H18N2O3S/c1-14-7-10-16(11-8-14)25(22,23)21-20-13-15-9-12-19(24-2)18-6-4-3-5-17(15)18/h3-13,21H,1-2H3/b20-13-. The van der Waals surface area contributed by atoms with Gasteiger partial charge < -0.3 is 4.74 Å². The molecule has 5 nitrogen and oxygen atoms in total. The minimum absolute atomic E-state index is 0.176. The number of nitrogens with one attached hydrogen (secondary N) is 1. The number of sulfonamides is 1. The minimum atomic E-state index is -3.69. The predicted octanol–water partition coefficient (Wildman–Crippen LogP) is 3.47. The highest BCUT2D eigenvalue weighted by Gasteiger charge is 2.12. The average molecular weight is 354 g/mol. The predicted molar refractivity (Wildman–Crippen MR) is 99.6 cm³/mol.